The number of aromatic hydroxyl groups is 1. The molecule has 0 spiro atoms. The number of anilines is 1. The molecule has 2 aromatic rings. The second-order valence-electron chi connectivity index (χ2n) is 4.15. The quantitative estimate of drug-likeness (QED) is 0.445. The van der Waals surface area contributed by atoms with E-state index < -0.39 is 5.91 Å². The first kappa shape index (κ1) is 16.4. The van der Waals surface area contributed by atoms with Crippen LogP contribution in [-0.4, -0.2) is 17.2 Å². The van der Waals surface area contributed by atoms with Crippen LogP contribution in [0.2, 0.25) is 15.2 Å². The third-order valence-corrected chi connectivity index (χ3v) is 3.76. The van der Waals surface area contributed by atoms with Crippen LogP contribution in [0.5, 0.6) is 5.75 Å². The summed E-state index contributed by atoms with van der Waals surface area (Å²) in [5.74, 6) is -0.560. The third kappa shape index (κ3) is 3.59. The molecule has 0 bridgehead atoms. The smallest absolute Gasteiger partial charge is 0.337 e. The summed E-state index contributed by atoms with van der Waals surface area (Å²) in [6.07, 6.45) is 1.35. The van der Waals surface area contributed by atoms with Crippen LogP contribution in [-0.2, 0) is 0 Å². The van der Waals surface area contributed by atoms with E-state index in [4.69, 9.17) is 40.5 Å². The number of hydrazone groups is 1. The van der Waals surface area contributed by atoms with Gasteiger partial charge in [-0.15, -0.1) is 0 Å². The number of H-pyrrole nitrogens is 1. The molecule has 0 saturated heterocycles. The minimum Gasteiger partial charge on any atom is -0.508 e. The molecule has 0 atom stereocenters. The fourth-order valence-electron chi connectivity index (χ4n) is 1.55. The number of nitrogens with zero attached hydrogens (tertiary/aromatic N) is 1. The van der Waals surface area contributed by atoms with Gasteiger partial charge >= 0.3 is 5.91 Å². The number of benzene rings is 1. The highest BCUT2D eigenvalue weighted by Gasteiger charge is 2.25. The Balaban J connectivity index is 2.17. The van der Waals surface area contributed by atoms with E-state index in [1.54, 1.807) is 12.1 Å². The van der Waals surface area contributed by atoms with Crippen molar-refractivity contribution in [3.63, 3.8) is 0 Å². The Kier molecular flexibility index (Phi) is 5.07. The normalized spacial score (nSPS) is 10.9. The van der Waals surface area contributed by atoms with Gasteiger partial charge in [-0.2, -0.15) is 10.1 Å². The van der Waals surface area contributed by atoms with Crippen LogP contribution >= 0.6 is 34.8 Å². The van der Waals surface area contributed by atoms with Gasteiger partial charge in [0.1, 0.15) is 15.8 Å². The molecule has 22 heavy (non-hydrogen) atoms. The summed E-state index contributed by atoms with van der Waals surface area (Å²) in [5, 5.41) is 13.0. The van der Waals surface area contributed by atoms with Crippen molar-refractivity contribution in [3.8, 4) is 5.75 Å². The Hall–Kier alpha value is -2.02. The monoisotopic (exact) mass is 359 g/mol. The second-order valence-corrected chi connectivity index (χ2v) is 5.28. The average molecular weight is 361 g/mol. The van der Waals surface area contributed by atoms with Gasteiger partial charge in [0.2, 0.25) is 0 Å². The van der Waals surface area contributed by atoms with Crippen LogP contribution in [0.3, 0.4) is 0 Å². The number of aromatic amines is 1. The molecule has 1 amide bonds. The van der Waals surface area contributed by atoms with Gasteiger partial charge in [0.05, 0.1) is 11.9 Å². The highest BCUT2D eigenvalue weighted by atomic mass is 35.5. The maximum Gasteiger partial charge on any atom is 0.337 e. The summed E-state index contributed by atoms with van der Waals surface area (Å²) in [4.78, 5) is 14.5. The van der Waals surface area contributed by atoms with E-state index in [1.165, 1.54) is 18.3 Å². The zero-order chi connectivity index (χ0) is 16.3. The molecule has 0 saturated carbocycles. The molecule has 0 aliphatic rings. The van der Waals surface area contributed by atoms with Crippen molar-refractivity contribution < 1.29 is 14.9 Å². The molecule has 2 rings (SSSR count). The van der Waals surface area contributed by atoms with Crippen LogP contribution in [0, 0.1) is 0 Å². The van der Waals surface area contributed by atoms with Gasteiger partial charge in [-0.25, -0.2) is 5.43 Å². The predicted octanol–water partition coefficient (Wildman–Crippen LogP) is 2.51. The van der Waals surface area contributed by atoms with Crippen LogP contribution in [0.25, 0.3) is 0 Å². The molecule has 1 aromatic carbocycles. The molecule has 0 unspecified atom stereocenters. The molecule has 1 heterocycles. The van der Waals surface area contributed by atoms with Crippen molar-refractivity contribution >= 4 is 52.6 Å². The fourth-order valence-corrected chi connectivity index (χ4v) is 2.17. The number of nitrogens with one attached hydrogen (secondary N) is 2. The van der Waals surface area contributed by atoms with E-state index in [0.29, 0.717) is 5.56 Å². The molecule has 6 nitrogen and oxygen atoms in total. The summed E-state index contributed by atoms with van der Waals surface area (Å²) in [7, 11) is 0. The van der Waals surface area contributed by atoms with Crippen LogP contribution in [0.4, 0.5) is 5.69 Å². The molecule has 5 N–H and O–H groups in total. The fraction of sp³-hybridized carbons (Fsp3) is 0. The van der Waals surface area contributed by atoms with E-state index in [0.717, 1.165) is 0 Å². The van der Waals surface area contributed by atoms with Crippen molar-refractivity contribution in [2.45, 2.75) is 0 Å². The van der Waals surface area contributed by atoms with Gasteiger partial charge in [0, 0.05) is 0 Å². The number of halogens is 3. The summed E-state index contributed by atoms with van der Waals surface area (Å²) in [5.41, 5.74) is 8.43. The number of hydrogen-bond acceptors (Lipinski definition) is 4. The van der Waals surface area contributed by atoms with Crippen LogP contribution < -0.4 is 16.1 Å². The van der Waals surface area contributed by atoms with Crippen molar-refractivity contribution in [1.29, 1.82) is 0 Å². The Bertz CT molecular complexity index is 765. The molecular formula is C13H10Cl3N4O2+. The SMILES string of the molecule is Nc1c(Cl)c(Cl)[nH+]c(C(=O)N/N=C/c2cccc(O)c2)c1Cl. The molecular weight excluding hydrogens is 351 g/mol. The number of nitrogens with two attached hydrogens (primary N) is 1. The minimum atomic E-state index is -0.647. The van der Waals surface area contributed by atoms with E-state index in [-0.39, 0.29) is 32.3 Å². The Morgan fingerprint density at radius 1 is 1.32 bits per heavy atom. The van der Waals surface area contributed by atoms with E-state index in [2.05, 4.69) is 15.5 Å². The maximum absolute atomic E-state index is 12.0. The number of carbonyl (C=O) groups excluding carboxylic acids is 1. The Morgan fingerprint density at radius 2 is 2.05 bits per heavy atom. The first-order valence-electron chi connectivity index (χ1n) is 5.88. The Labute approximate surface area is 140 Å². The zero-order valence-corrected chi connectivity index (χ0v) is 13.2. The summed E-state index contributed by atoms with van der Waals surface area (Å²) >= 11 is 17.5. The number of phenolic OH excluding ortho intramolecular Hbond substituents is 1. The molecule has 0 fully saturated rings. The number of carbonyl (C=O) groups is 1. The van der Waals surface area contributed by atoms with Crippen molar-refractivity contribution in [2.75, 3.05) is 5.73 Å². The number of pyridine rings is 1. The zero-order valence-electron chi connectivity index (χ0n) is 10.9. The lowest BCUT2D eigenvalue weighted by Gasteiger charge is -2.02. The first-order chi connectivity index (χ1) is 10.4. The van der Waals surface area contributed by atoms with Crippen molar-refractivity contribution in [3.05, 3.63) is 50.7 Å². The van der Waals surface area contributed by atoms with E-state index >= 15 is 0 Å². The third-order valence-electron chi connectivity index (χ3n) is 2.60. The lowest BCUT2D eigenvalue weighted by Crippen LogP contribution is -2.28. The highest BCUT2D eigenvalue weighted by Crippen LogP contribution is 2.31. The van der Waals surface area contributed by atoms with Gasteiger partial charge in [-0.05, 0) is 29.3 Å². The predicted molar refractivity (Wildman–Crippen MR) is 85.6 cm³/mol. The standard InChI is InChI=1S/C13H9Cl3N4O2/c14-8-10(17)9(15)12(16)19-11(8)13(22)20-18-5-6-2-1-3-7(21)4-6/h1-5,21H,(H2,17,19)(H,20,22)/p+1/b18-5+. The molecule has 9 heteroatoms. The van der Waals surface area contributed by atoms with Crippen molar-refractivity contribution in [2.24, 2.45) is 5.10 Å². The van der Waals surface area contributed by atoms with Gasteiger partial charge in [0.25, 0.3) is 10.8 Å². The van der Waals surface area contributed by atoms with Crippen LogP contribution in [0.15, 0.2) is 29.4 Å². The largest absolute Gasteiger partial charge is 0.508 e. The minimum absolute atomic E-state index is 0.00538. The Morgan fingerprint density at radius 3 is 2.73 bits per heavy atom. The lowest BCUT2D eigenvalue weighted by atomic mass is 10.2. The lowest BCUT2D eigenvalue weighted by molar-refractivity contribution is -0.379. The summed E-state index contributed by atoms with van der Waals surface area (Å²) in [6, 6.07) is 6.34. The second kappa shape index (κ2) is 6.83. The molecule has 0 aliphatic heterocycles. The number of aromatic nitrogens is 1. The van der Waals surface area contributed by atoms with E-state index in [9.17, 15) is 9.90 Å². The molecule has 0 aliphatic carbocycles. The topological polar surface area (TPSA) is 102 Å². The van der Waals surface area contributed by atoms with Gasteiger partial charge in [-0.3, -0.25) is 4.79 Å². The van der Waals surface area contributed by atoms with Gasteiger partial charge in [0.15, 0.2) is 0 Å². The summed E-state index contributed by atoms with van der Waals surface area (Å²) in [6.45, 7) is 0. The van der Waals surface area contributed by atoms with Crippen molar-refractivity contribution in [1.82, 2.24) is 5.43 Å². The number of rotatable bonds is 3. The van der Waals surface area contributed by atoms with Gasteiger partial charge in [-0.1, -0.05) is 35.3 Å². The maximum atomic E-state index is 12.0. The average Bonchev–Trinajstić information content (AvgIpc) is 2.48. The van der Waals surface area contributed by atoms with Crippen LogP contribution in [0.1, 0.15) is 16.1 Å². The highest BCUT2D eigenvalue weighted by molar-refractivity contribution is 6.45. The van der Waals surface area contributed by atoms with E-state index in [1.807, 2.05) is 0 Å². The number of amides is 1. The first-order valence-corrected chi connectivity index (χ1v) is 7.01. The molecule has 114 valence electrons. The van der Waals surface area contributed by atoms with Gasteiger partial charge < -0.3 is 10.8 Å². The molecule has 1 aromatic heterocycles. The summed E-state index contributed by atoms with van der Waals surface area (Å²) < 4.78 is 0. The number of hydrogen-bond donors (Lipinski definition) is 3. The molecule has 0 radical (unpaired) electrons. The number of phenols is 1. The number of nitrogen functional groups attached to an aromatic ring is 1.